The van der Waals surface area contributed by atoms with Crippen LogP contribution in [0.2, 0.25) is 0 Å². The van der Waals surface area contributed by atoms with Crippen LogP contribution in [0.1, 0.15) is 36.0 Å². The van der Waals surface area contributed by atoms with Gasteiger partial charge in [-0.15, -0.1) is 0 Å². The van der Waals surface area contributed by atoms with Crippen molar-refractivity contribution in [3.05, 3.63) is 87.6 Å². The van der Waals surface area contributed by atoms with Crippen LogP contribution in [-0.2, 0) is 13.0 Å². The Balaban J connectivity index is 2.10. The Labute approximate surface area is 153 Å². The van der Waals surface area contributed by atoms with E-state index < -0.39 is 0 Å². The number of hydrogen-bond acceptors (Lipinski definition) is 3. The minimum Gasteiger partial charge on any atom is -0.292 e. The Hall–Kier alpha value is -3.19. The molecule has 0 radical (unpaired) electrons. The summed E-state index contributed by atoms with van der Waals surface area (Å²) in [6, 6.07) is 19.5. The molecule has 3 rings (SSSR count). The molecule has 0 N–H and O–H groups in total. The molecule has 0 aliphatic heterocycles. The standard InChI is InChI=1S/C22H21N3O/c1-3-8-21-24-16(2)13-22(26)25(21)15-18-11-7-12-19(20(18)14-23)17-9-5-4-6-10-17/h4-7,9-13H,3,8,15H2,1-2H3. The summed E-state index contributed by atoms with van der Waals surface area (Å²) in [7, 11) is 0. The Morgan fingerprint density at radius 2 is 1.88 bits per heavy atom. The van der Waals surface area contributed by atoms with Crippen LogP contribution in [0.5, 0.6) is 0 Å². The third-order valence-electron chi connectivity index (χ3n) is 4.36. The molecule has 0 saturated heterocycles. The predicted octanol–water partition coefficient (Wildman–Crippen LogP) is 4.09. The summed E-state index contributed by atoms with van der Waals surface area (Å²) in [5, 5.41) is 9.77. The van der Waals surface area contributed by atoms with Crippen LogP contribution in [0.25, 0.3) is 11.1 Å². The Morgan fingerprint density at radius 1 is 1.12 bits per heavy atom. The van der Waals surface area contributed by atoms with Gasteiger partial charge < -0.3 is 0 Å². The maximum absolute atomic E-state index is 12.5. The molecule has 1 aromatic heterocycles. The third-order valence-corrected chi connectivity index (χ3v) is 4.36. The molecule has 0 unspecified atom stereocenters. The maximum Gasteiger partial charge on any atom is 0.254 e. The molecule has 0 fully saturated rings. The largest absolute Gasteiger partial charge is 0.292 e. The fourth-order valence-electron chi connectivity index (χ4n) is 3.16. The molecule has 0 aliphatic carbocycles. The lowest BCUT2D eigenvalue weighted by molar-refractivity contribution is 0.648. The van der Waals surface area contributed by atoms with Crippen molar-refractivity contribution in [2.45, 2.75) is 33.2 Å². The number of aromatic nitrogens is 2. The second-order valence-corrected chi connectivity index (χ2v) is 6.31. The second kappa shape index (κ2) is 7.79. The van der Waals surface area contributed by atoms with Gasteiger partial charge in [0.05, 0.1) is 12.1 Å². The van der Waals surface area contributed by atoms with Crippen LogP contribution in [0.3, 0.4) is 0 Å². The first-order valence-electron chi connectivity index (χ1n) is 8.78. The highest BCUT2D eigenvalue weighted by molar-refractivity contribution is 5.72. The number of aryl methyl sites for hydroxylation is 2. The monoisotopic (exact) mass is 343 g/mol. The highest BCUT2D eigenvalue weighted by Crippen LogP contribution is 2.26. The molecule has 1 heterocycles. The maximum atomic E-state index is 12.5. The fraction of sp³-hybridized carbons (Fsp3) is 0.227. The summed E-state index contributed by atoms with van der Waals surface area (Å²) in [6.07, 6.45) is 1.64. The highest BCUT2D eigenvalue weighted by atomic mass is 16.1. The van der Waals surface area contributed by atoms with Gasteiger partial charge in [-0.25, -0.2) is 4.98 Å². The molecule has 0 spiro atoms. The molecule has 0 saturated carbocycles. The first kappa shape index (κ1) is 17.6. The zero-order valence-corrected chi connectivity index (χ0v) is 15.1. The van der Waals surface area contributed by atoms with Gasteiger partial charge in [-0.05, 0) is 30.0 Å². The van der Waals surface area contributed by atoms with Gasteiger partial charge in [-0.2, -0.15) is 5.26 Å². The Morgan fingerprint density at radius 3 is 2.58 bits per heavy atom. The molecule has 26 heavy (non-hydrogen) atoms. The van der Waals surface area contributed by atoms with Crippen LogP contribution in [0.15, 0.2) is 59.4 Å². The molecular formula is C22H21N3O. The van der Waals surface area contributed by atoms with Crippen LogP contribution >= 0.6 is 0 Å². The zero-order valence-electron chi connectivity index (χ0n) is 15.1. The van der Waals surface area contributed by atoms with Crippen LogP contribution in [0, 0.1) is 18.3 Å². The molecule has 0 atom stereocenters. The molecule has 0 aliphatic rings. The van der Waals surface area contributed by atoms with Crippen LogP contribution < -0.4 is 5.56 Å². The average molecular weight is 343 g/mol. The van der Waals surface area contributed by atoms with E-state index in [0.717, 1.165) is 41.1 Å². The number of rotatable bonds is 5. The number of nitriles is 1. The van der Waals surface area contributed by atoms with Gasteiger partial charge in [0.15, 0.2) is 0 Å². The third kappa shape index (κ3) is 3.57. The van der Waals surface area contributed by atoms with E-state index in [2.05, 4.69) is 18.0 Å². The Kier molecular flexibility index (Phi) is 5.28. The molecule has 0 bridgehead atoms. The summed E-state index contributed by atoms with van der Waals surface area (Å²) in [6.45, 7) is 4.25. The normalized spacial score (nSPS) is 10.5. The SMILES string of the molecule is CCCc1nc(C)cc(=O)n1Cc1cccc(-c2ccccc2)c1C#N. The Bertz CT molecular complexity index is 1010. The van der Waals surface area contributed by atoms with E-state index in [-0.39, 0.29) is 5.56 Å². The molecular weight excluding hydrogens is 322 g/mol. The molecule has 3 aromatic rings. The van der Waals surface area contributed by atoms with Crippen molar-refractivity contribution in [3.8, 4) is 17.2 Å². The van der Waals surface area contributed by atoms with Gasteiger partial charge >= 0.3 is 0 Å². The smallest absolute Gasteiger partial charge is 0.254 e. The van der Waals surface area contributed by atoms with E-state index in [1.807, 2.05) is 55.5 Å². The molecule has 0 amide bonds. The van der Waals surface area contributed by atoms with Gasteiger partial charge in [0.2, 0.25) is 0 Å². The van der Waals surface area contributed by atoms with Crippen molar-refractivity contribution in [1.82, 2.24) is 9.55 Å². The molecule has 2 aromatic carbocycles. The van der Waals surface area contributed by atoms with Crippen molar-refractivity contribution in [3.63, 3.8) is 0 Å². The predicted molar refractivity (Wildman–Crippen MR) is 103 cm³/mol. The van der Waals surface area contributed by atoms with Gasteiger partial charge in [-0.1, -0.05) is 55.5 Å². The minimum absolute atomic E-state index is 0.0741. The lowest BCUT2D eigenvalue weighted by Gasteiger charge is -2.15. The van der Waals surface area contributed by atoms with E-state index in [4.69, 9.17) is 0 Å². The lowest BCUT2D eigenvalue weighted by atomic mass is 9.96. The van der Waals surface area contributed by atoms with Crippen molar-refractivity contribution < 1.29 is 0 Å². The lowest BCUT2D eigenvalue weighted by Crippen LogP contribution is -2.26. The van der Waals surface area contributed by atoms with Crippen LogP contribution in [-0.4, -0.2) is 9.55 Å². The highest BCUT2D eigenvalue weighted by Gasteiger charge is 2.13. The molecule has 130 valence electrons. The van der Waals surface area contributed by atoms with Gasteiger partial charge in [0.1, 0.15) is 11.9 Å². The van der Waals surface area contributed by atoms with Gasteiger partial charge in [0.25, 0.3) is 5.56 Å². The topological polar surface area (TPSA) is 58.7 Å². The first-order chi connectivity index (χ1) is 12.6. The average Bonchev–Trinajstić information content (AvgIpc) is 2.65. The van der Waals surface area contributed by atoms with Crippen molar-refractivity contribution in [2.75, 3.05) is 0 Å². The van der Waals surface area contributed by atoms with E-state index >= 15 is 0 Å². The molecule has 4 heteroatoms. The summed E-state index contributed by atoms with van der Waals surface area (Å²) >= 11 is 0. The summed E-state index contributed by atoms with van der Waals surface area (Å²) < 4.78 is 1.68. The van der Waals surface area contributed by atoms with Gasteiger partial charge in [-0.3, -0.25) is 9.36 Å². The minimum atomic E-state index is -0.0741. The number of hydrogen-bond donors (Lipinski definition) is 0. The summed E-state index contributed by atoms with van der Waals surface area (Å²) in [5.41, 5.74) is 3.97. The molecule has 4 nitrogen and oxygen atoms in total. The van der Waals surface area contributed by atoms with E-state index in [1.165, 1.54) is 0 Å². The summed E-state index contributed by atoms with van der Waals surface area (Å²) in [5.74, 6) is 0.770. The fourth-order valence-corrected chi connectivity index (χ4v) is 3.16. The number of benzene rings is 2. The quantitative estimate of drug-likeness (QED) is 0.701. The van der Waals surface area contributed by atoms with E-state index in [0.29, 0.717) is 12.1 Å². The summed E-state index contributed by atoms with van der Waals surface area (Å²) in [4.78, 5) is 17.1. The van der Waals surface area contributed by atoms with Crippen molar-refractivity contribution in [1.29, 1.82) is 5.26 Å². The van der Waals surface area contributed by atoms with Gasteiger partial charge in [0, 0.05) is 18.2 Å². The van der Waals surface area contributed by atoms with E-state index in [1.54, 1.807) is 10.6 Å². The van der Waals surface area contributed by atoms with Crippen molar-refractivity contribution >= 4 is 0 Å². The van der Waals surface area contributed by atoms with Crippen LogP contribution in [0.4, 0.5) is 0 Å². The first-order valence-corrected chi connectivity index (χ1v) is 8.78. The zero-order chi connectivity index (χ0) is 18.5. The van der Waals surface area contributed by atoms with E-state index in [9.17, 15) is 10.1 Å². The number of nitrogens with zero attached hydrogens (tertiary/aromatic N) is 3. The van der Waals surface area contributed by atoms with Crippen molar-refractivity contribution in [2.24, 2.45) is 0 Å². The second-order valence-electron chi connectivity index (χ2n) is 6.31.